The first-order valence-electron chi connectivity index (χ1n) is 4.70. The van der Waals surface area contributed by atoms with Crippen LogP contribution in [0.3, 0.4) is 0 Å². The topological polar surface area (TPSA) is 71.2 Å². The van der Waals surface area contributed by atoms with Crippen molar-refractivity contribution in [1.29, 1.82) is 0 Å². The summed E-state index contributed by atoms with van der Waals surface area (Å²) in [7, 11) is 1.60. The van der Waals surface area contributed by atoms with E-state index in [0.29, 0.717) is 13.2 Å². The Kier molecular flexibility index (Phi) is 4.56. The number of aromatic nitrogens is 1. The zero-order valence-electron chi connectivity index (χ0n) is 8.58. The first-order chi connectivity index (χ1) is 7.25. The van der Waals surface area contributed by atoms with Gasteiger partial charge in [-0.3, -0.25) is 9.59 Å². The van der Waals surface area contributed by atoms with Crippen molar-refractivity contribution < 1.29 is 9.53 Å². The van der Waals surface area contributed by atoms with Crippen LogP contribution in [0.25, 0.3) is 0 Å². The Hall–Kier alpha value is -1.62. The Morgan fingerprint density at radius 1 is 1.60 bits per heavy atom. The molecule has 0 aromatic carbocycles. The smallest absolute Gasteiger partial charge is 0.260 e. The molecule has 0 atom stereocenters. The summed E-state index contributed by atoms with van der Waals surface area (Å²) in [6, 6.07) is 3.11. The van der Waals surface area contributed by atoms with E-state index in [0.717, 1.165) is 6.42 Å². The Bertz CT molecular complexity index is 373. The van der Waals surface area contributed by atoms with Crippen LogP contribution in [-0.4, -0.2) is 31.2 Å². The van der Waals surface area contributed by atoms with Crippen molar-refractivity contribution in [3.63, 3.8) is 0 Å². The fourth-order valence-electron chi connectivity index (χ4n) is 1.11. The molecule has 0 fully saturated rings. The van der Waals surface area contributed by atoms with Gasteiger partial charge in [-0.1, -0.05) is 0 Å². The van der Waals surface area contributed by atoms with Gasteiger partial charge in [-0.25, -0.2) is 0 Å². The number of aromatic amines is 1. The summed E-state index contributed by atoms with van der Waals surface area (Å²) in [5.74, 6) is -0.354. The molecule has 0 aliphatic carbocycles. The van der Waals surface area contributed by atoms with Gasteiger partial charge >= 0.3 is 0 Å². The Morgan fingerprint density at radius 2 is 2.40 bits per heavy atom. The molecule has 0 aliphatic heterocycles. The van der Waals surface area contributed by atoms with Crippen LogP contribution in [0.2, 0.25) is 0 Å². The molecule has 15 heavy (non-hydrogen) atoms. The number of methoxy groups -OCH3 is 1. The zero-order chi connectivity index (χ0) is 11.1. The molecule has 1 rings (SSSR count). The Labute approximate surface area is 87.5 Å². The number of pyridine rings is 1. The van der Waals surface area contributed by atoms with Crippen molar-refractivity contribution in [1.82, 2.24) is 10.3 Å². The van der Waals surface area contributed by atoms with Gasteiger partial charge in [0.05, 0.1) is 0 Å². The maximum Gasteiger partial charge on any atom is 0.260 e. The minimum atomic E-state index is -0.373. The lowest BCUT2D eigenvalue weighted by molar-refractivity contribution is 0.0947. The SMILES string of the molecule is COCCCNC(=O)c1ccc[nH]c1=O. The van der Waals surface area contributed by atoms with Crippen LogP contribution >= 0.6 is 0 Å². The third-order valence-electron chi connectivity index (χ3n) is 1.87. The third kappa shape index (κ3) is 3.55. The van der Waals surface area contributed by atoms with Crippen molar-refractivity contribution >= 4 is 5.91 Å². The number of amides is 1. The highest BCUT2D eigenvalue weighted by molar-refractivity contribution is 5.93. The number of hydrogen-bond acceptors (Lipinski definition) is 3. The van der Waals surface area contributed by atoms with Gasteiger partial charge < -0.3 is 15.0 Å². The van der Waals surface area contributed by atoms with Gasteiger partial charge in [-0.15, -0.1) is 0 Å². The maximum absolute atomic E-state index is 11.5. The summed E-state index contributed by atoms with van der Waals surface area (Å²) in [5.41, 5.74) is -0.239. The fourth-order valence-corrected chi connectivity index (χ4v) is 1.11. The lowest BCUT2D eigenvalue weighted by atomic mass is 10.2. The molecule has 1 heterocycles. The molecular formula is C10H14N2O3. The van der Waals surface area contributed by atoms with Gasteiger partial charge in [-0.05, 0) is 18.6 Å². The van der Waals surface area contributed by atoms with Gasteiger partial charge in [0.15, 0.2) is 0 Å². The molecule has 5 heteroatoms. The highest BCUT2D eigenvalue weighted by Crippen LogP contribution is 1.89. The summed E-state index contributed by atoms with van der Waals surface area (Å²) in [5, 5.41) is 2.64. The monoisotopic (exact) mass is 210 g/mol. The van der Waals surface area contributed by atoms with Crippen LogP contribution in [0, 0.1) is 0 Å². The Morgan fingerprint density at radius 3 is 3.07 bits per heavy atom. The molecule has 2 N–H and O–H groups in total. The molecule has 82 valence electrons. The number of carbonyl (C=O) groups excluding carboxylic acids is 1. The number of nitrogens with one attached hydrogen (secondary N) is 2. The number of carbonyl (C=O) groups is 1. The second-order valence-electron chi connectivity index (χ2n) is 3.02. The molecule has 1 aromatic heterocycles. The van der Waals surface area contributed by atoms with Crippen LogP contribution < -0.4 is 10.9 Å². The van der Waals surface area contributed by atoms with Crippen molar-refractivity contribution in [2.24, 2.45) is 0 Å². The quantitative estimate of drug-likeness (QED) is 0.679. The number of hydrogen-bond donors (Lipinski definition) is 2. The van der Waals surface area contributed by atoms with E-state index in [1.54, 1.807) is 13.2 Å². The first kappa shape index (κ1) is 11.5. The van der Waals surface area contributed by atoms with Crippen molar-refractivity contribution in [3.8, 4) is 0 Å². The van der Waals surface area contributed by atoms with E-state index in [1.807, 2.05) is 0 Å². The molecule has 0 radical (unpaired) electrons. The first-order valence-corrected chi connectivity index (χ1v) is 4.70. The van der Waals surface area contributed by atoms with Crippen LogP contribution in [0.15, 0.2) is 23.1 Å². The van der Waals surface area contributed by atoms with E-state index in [1.165, 1.54) is 12.3 Å². The Balaban J connectivity index is 2.48. The van der Waals surface area contributed by atoms with Gasteiger partial charge in [0.25, 0.3) is 11.5 Å². The predicted molar refractivity (Wildman–Crippen MR) is 55.9 cm³/mol. The maximum atomic E-state index is 11.5. The minimum Gasteiger partial charge on any atom is -0.385 e. The van der Waals surface area contributed by atoms with Crippen LogP contribution in [0.1, 0.15) is 16.8 Å². The standard InChI is InChI=1S/C10H14N2O3/c1-15-7-3-6-12-10(14)8-4-2-5-11-9(8)13/h2,4-5H,3,6-7H2,1H3,(H,11,13)(H,12,14). The molecule has 0 aliphatic rings. The van der Waals surface area contributed by atoms with E-state index in [2.05, 4.69) is 10.3 Å². The fraction of sp³-hybridized carbons (Fsp3) is 0.400. The van der Waals surface area contributed by atoms with Crippen molar-refractivity contribution in [2.75, 3.05) is 20.3 Å². The second-order valence-corrected chi connectivity index (χ2v) is 3.02. The molecule has 0 saturated heterocycles. The van der Waals surface area contributed by atoms with Crippen molar-refractivity contribution in [2.45, 2.75) is 6.42 Å². The highest BCUT2D eigenvalue weighted by Gasteiger charge is 2.07. The van der Waals surface area contributed by atoms with E-state index < -0.39 is 0 Å². The van der Waals surface area contributed by atoms with E-state index in [4.69, 9.17) is 4.74 Å². The molecule has 1 amide bonds. The van der Waals surface area contributed by atoms with Gasteiger partial charge in [-0.2, -0.15) is 0 Å². The average Bonchev–Trinajstić information content (AvgIpc) is 2.25. The number of H-pyrrole nitrogens is 1. The molecular weight excluding hydrogens is 196 g/mol. The van der Waals surface area contributed by atoms with Crippen molar-refractivity contribution in [3.05, 3.63) is 34.2 Å². The molecule has 0 spiro atoms. The molecule has 0 saturated carbocycles. The van der Waals surface area contributed by atoms with Gasteiger partial charge in [0, 0.05) is 26.5 Å². The number of ether oxygens (including phenoxy) is 1. The minimum absolute atomic E-state index is 0.134. The summed E-state index contributed by atoms with van der Waals surface area (Å²) in [6.07, 6.45) is 2.22. The van der Waals surface area contributed by atoms with Crippen LogP contribution in [-0.2, 0) is 4.74 Å². The lowest BCUT2D eigenvalue weighted by Crippen LogP contribution is -2.30. The molecule has 1 aromatic rings. The normalized spacial score (nSPS) is 9.93. The summed E-state index contributed by atoms with van der Waals surface area (Å²) in [6.45, 7) is 1.09. The molecule has 0 unspecified atom stereocenters. The second kappa shape index (κ2) is 5.98. The van der Waals surface area contributed by atoms with Crippen LogP contribution in [0.5, 0.6) is 0 Å². The third-order valence-corrected chi connectivity index (χ3v) is 1.87. The van der Waals surface area contributed by atoms with Gasteiger partial charge in [0.2, 0.25) is 0 Å². The van der Waals surface area contributed by atoms with Gasteiger partial charge in [0.1, 0.15) is 5.56 Å². The lowest BCUT2D eigenvalue weighted by Gasteiger charge is -2.03. The average molecular weight is 210 g/mol. The number of rotatable bonds is 5. The molecule has 0 bridgehead atoms. The van der Waals surface area contributed by atoms with Crippen LogP contribution in [0.4, 0.5) is 0 Å². The van der Waals surface area contributed by atoms with E-state index >= 15 is 0 Å². The summed E-state index contributed by atoms with van der Waals surface area (Å²) < 4.78 is 4.83. The summed E-state index contributed by atoms with van der Waals surface area (Å²) in [4.78, 5) is 25.1. The largest absolute Gasteiger partial charge is 0.385 e. The van der Waals surface area contributed by atoms with E-state index in [9.17, 15) is 9.59 Å². The predicted octanol–water partition coefficient (Wildman–Crippen LogP) is 0.141. The van der Waals surface area contributed by atoms with E-state index in [-0.39, 0.29) is 17.0 Å². The zero-order valence-corrected chi connectivity index (χ0v) is 8.58. The highest BCUT2D eigenvalue weighted by atomic mass is 16.5. The molecule has 5 nitrogen and oxygen atoms in total. The summed E-state index contributed by atoms with van der Waals surface area (Å²) >= 11 is 0.